The van der Waals surface area contributed by atoms with Gasteiger partial charge < -0.3 is 5.32 Å². The lowest BCUT2D eigenvalue weighted by Gasteiger charge is -2.04. The normalized spacial score (nSPS) is 9.56. The van der Waals surface area contributed by atoms with Crippen molar-refractivity contribution in [2.24, 2.45) is 0 Å². The maximum Gasteiger partial charge on any atom is 0.284 e. The van der Waals surface area contributed by atoms with E-state index < -0.39 is 4.92 Å². The maximum atomic E-state index is 11.7. The summed E-state index contributed by atoms with van der Waals surface area (Å²) in [6.07, 6.45) is 0.918. The largest absolute Gasteiger partial charge is 0.352 e. The summed E-state index contributed by atoms with van der Waals surface area (Å²) in [4.78, 5) is 21.8. The van der Waals surface area contributed by atoms with Crippen LogP contribution in [0.2, 0.25) is 0 Å². The van der Waals surface area contributed by atoms with Gasteiger partial charge in [0.1, 0.15) is 0 Å². The quantitative estimate of drug-likeness (QED) is 0.513. The third kappa shape index (κ3) is 3.82. The van der Waals surface area contributed by atoms with Crippen molar-refractivity contribution in [2.75, 3.05) is 6.54 Å². The zero-order chi connectivity index (χ0) is 13.5. The van der Waals surface area contributed by atoms with Gasteiger partial charge in [0.2, 0.25) is 0 Å². The van der Waals surface area contributed by atoms with E-state index in [1.807, 2.05) is 6.07 Å². The van der Waals surface area contributed by atoms with Gasteiger partial charge in [0.05, 0.1) is 15.5 Å². The predicted octanol–water partition coefficient (Wildman–Crippen LogP) is 2.39. The molecule has 0 saturated carbocycles. The first-order valence-electron chi connectivity index (χ1n) is 5.15. The summed E-state index contributed by atoms with van der Waals surface area (Å²) in [5.41, 5.74) is 0.0709. The van der Waals surface area contributed by atoms with Crippen LogP contribution in [-0.4, -0.2) is 17.4 Å². The Labute approximate surface area is 112 Å². The van der Waals surface area contributed by atoms with Crippen LogP contribution in [-0.2, 0) is 0 Å². The molecule has 94 valence electrons. The number of benzene rings is 1. The lowest BCUT2D eigenvalue weighted by atomic mass is 10.2. The van der Waals surface area contributed by atoms with E-state index in [2.05, 4.69) is 21.2 Å². The number of amides is 1. The topological polar surface area (TPSA) is 96.0 Å². The van der Waals surface area contributed by atoms with E-state index in [1.54, 1.807) is 0 Å². The standard InChI is InChI=1S/C11H10BrN3O3/c12-9-4-3-8(7-10(9)15(17)18)11(16)14-6-2-1-5-13/h3-4,7H,1-2,6H2,(H,14,16). The van der Waals surface area contributed by atoms with Gasteiger partial charge in [0.15, 0.2) is 0 Å². The number of nitro benzene ring substituents is 1. The van der Waals surface area contributed by atoms with Crippen LogP contribution in [0.5, 0.6) is 0 Å². The van der Waals surface area contributed by atoms with Crippen molar-refractivity contribution >= 4 is 27.5 Å². The number of nitriles is 1. The zero-order valence-corrected chi connectivity index (χ0v) is 10.9. The van der Waals surface area contributed by atoms with Crippen molar-refractivity contribution in [3.8, 4) is 6.07 Å². The second-order valence-corrected chi connectivity index (χ2v) is 4.30. The minimum absolute atomic E-state index is 0.153. The molecule has 1 aromatic rings. The van der Waals surface area contributed by atoms with E-state index in [0.717, 1.165) is 0 Å². The van der Waals surface area contributed by atoms with Crippen LogP contribution in [0.15, 0.2) is 22.7 Å². The molecule has 1 rings (SSSR count). The first-order valence-corrected chi connectivity index (χ1v) is 5.94. The summed E-state index contributed by atoms with van der Waals surface area (Å²) in [6.45, 7) is 0.371. The van der Waals surface area contributed by atoms with Gasteiger partial charge in [-0.25, -0.2) is 0 Å². The molecule has 0 radical (unpaired) electrons. The van der Waals surface area contributed by atoms with Gasteiger partial charge in [-0.15, -0.1) is 0 Å². The molecule has 1 amide bonds. The van der Waals surface area contributed by atoms with Gasteiger partial charge in [0, 0.05) is 24.6 Å². The number of hydrogen-bond donors (Lipinski definition) is 1. The van der Waals surface area contributed by atoms with E-state index in [9.17, 15) is 14.9 Å². The number of carbonyl (C=O) groups excluding carboxylic acids is 1. The lowest BCUT2D eigenvalue weighted by molar-refractivity contribution is -0.385. The Balaban J connectivity index is 2.72. The molecule has 1 aromatic carbocycles. The fourth-order valence-corrected chi connectivity index (χ4v) is 1.66. The molecule has 0 unspecified atom stereocenters. The van der Waals surface area contributed by atoms with Gasteiger partial charge in [0.25, 0.3) is 11.6 Å². The van der Waals surface area contributed by atoms with Gasteiger partial charge >= 0.3 is 0 Å². The highest BCUT2D eigenvalue weighted by atomic mass is 79.9. The highest BCUT2D eigenvalue weighted by Crippen LogP contribution is 2.25. The average molecular weight is 312 g/mol. The van der Waals surface area contributed by atoms with Crippen LogP contribution in [0.25, 0.3) is 0 Å². The summed E-state index contributed by atoms with van der Waals surface area (Å²) in [5, 5.41) is 21.6. The van der Waals surface area contributed by atoms with Crippen LogP contribution in [0.1, 0.15) is 23.2 Å². The van der Waals surface area contributed by atoms with Crippen molar-refractivity contribution < 1.29 is 9.72 Å². The summed E-state index contributed by atoms with van der Waals surface area (Å²) < 4.78 is 0.327. The molecule has 1 N–H and O–H groups in total. The van der Waals surface area contributed by atoms with Crippen molar-refractivity contribution in [1.82, 2.24) is 5.32 Å². The van der Waals surface area contributed by atoms with E-state index in [1.165, 1.54) is 18.2 Å². The van der Waals surface area contributed by atoms with E-state index >= 15 is 0 Å². The molecule has 0 spiro atoms. The molecule has 18 heavy (non-hydrogen) atoms. The van der Waals surface area contributed by atoms with Crippen LogP contribution in [0, 0.1) is 21.4 Å². The molecule has 7 heteroatoms. The molecule has 0 aliphatic heterocycles. The summed E-state index contributed by atoms with van der Waals surface area (Å²) in [5.74, 6) is -0.386. The summed E-state index contributed by atoms with van der Waals surface area (Å²) >= 11 is 3.04. The fraction of sp³-hybridized carbons (Fsp3) is 0.273. The maximum absolute atomic E-state index is 11.7. The third-order valence-corrected chi connectivity index (χ3v) is 2.83. The number of halogens is 1. The number of rotatable bonds is 5. The number of nitro groups is 1. The highest BCUT2D eigenvalue weighted by molar-refractivity contribution is 9.10. The predicted molar refractivity (Wildman–Crippen MR) is 68.0 cm³/mol. The molecule has 0 aliphatic rings. The Kier molecular flexibility index (Phi) is 5.27. The number of nitrogens with one attached hydrogen (secondary N) is 1. The second kappa shape index (κ2) is 6.71. The minimum atomic E-state index is -0.559. The molecule has 6 nitrogen and oxygen atoms in total. The Hall–Kier alpha value is -1.94. The van der Waals surface area contributed by atoms with E-state index in [0.29, 0.717) is 23.9 Å². The van der Waals surface area contributed by atoms with Gasteiger partial charge in [-0.3, -0.25) is 14.9 Å². The number of hydrogen-bond acceptors (Lipinski definition) is 4. The minimum Gasteiger partial charge on any atom is -0.352 e. The van der Waals surface area contributed by atoms with Crippen LogP contribution in [0.4, 0.5) is 5.69 Å². The molecule has 0 aromatic heterocycles. The highest BCUT2D eigenvalue weighted by Gasteiger charge is 2.15. The van der Waals surface area contributed by atoms with E-state index in [-0.39, 0.29) is 17.2 Å². The third-order valence-electron chi connectivity index (χ3n) is 2.16. The Morgan fingerprint density at radius 3 is 2.89 bits per heavy atom. The van der Waals surface area contributed by atoms with Crippen LogP contribution in [0.3, 0.4) is 0 Å². The monoisotopic (exact) mass is 311 g/mol. The fourth-order valence-electron chi connectivity index (χ4n) is 1.27. The first kappa shape index (κ1) is 14.1. The lowest BCUT2D eigenvalue weighted by Crippen LogP contribution is -2.24. The molecule has 0 bridgehead atoms. The van der Waals surface area contributed by atoms with E-state index in [4.69, 9.17) is 5.26 Å². The Morgan fingerprint density at radius 2 is 2.28 bits per heavy atom. The summed E-state index contributed by atoms with van der Waals surface area (Å²) in [6, 6.07) is 6.14. The smallest absolute Gasteiger partial charge is 0.284 e. The molecule has 0 heterocycles. The first-order chi connectivity index (χ1) is 8.56. The second-order valence-electron chi connectivity index (χ2n) is 3.44. The van der Waals surface area contributed by atoms with Crippen molar-refractivity contribution in [2.45, 2.75) is 12.8 Å². The molecular formula is C11H10BrN3O3. The molecule has 0 fully saturated rings. The van der Waals surface area contributed by atoms with Crippen molar-refractivity contribution in [3.63, 3.8) is 0 Å². The SMILES string of the molecule is N#CCCCNC(=O)c1ccc(Br)c([N+](=O)[O-])c1. The van der Waals surface area contributed by atoms with Crippen LogP contribution < -0.4 is 5.32 Å². The summed E-state index contributed by atoms with van der Waals surface area (Å²) in [7, 11) is 0. The Morgan fingerprint density at radius 1 is 1.56 bits per heavy atom. The van der Waals surface area contributed by atoms with Crippen LogP contribution >= 0.6 is 15.9 Å². The number of nitrogens with zero attached hydrogens (tertiary/aromatic N) is 2. The Bertz CT molecular complexity index is 511. The van der Waals surface area contributed by atoms with Crippen molar-refractivity contribution in [1.29, 1.82) is 5.26 Å². The van der Waals surface area contributed by atoms with Crippen molar-refractivity contribution in [3.05, 3.63) is 38.3 Å². The number of carbonyl (C=O) groups is 1. The molecule has 0 aliphatic carbocycles. The van der Waals surface area contributed by atoms with Gasteiger partial charge in [-0.1, -0.05) is 0 Å². The molecule has 0 saturated heterocycles. The van der Waals surface area contributed by atoms with Gasteiger partial charge in [-0.2, -0.15) is 5.26 Å². The molecular weight excluding hydrogens is 302 g/mol. The van der Waals surface area contributed by atoms with Gasteiger partial charge in [-0.05, 0) is 34.5 Å². The molecule has 0 atom stereocenters. The zero-order valence-electron chi connectivity index (χ0n) is 9.35. The average Bonchev–Trinajstić information content (AvgIpc) is 2.34. The number of unbranched alkanes of at least 4 members (excludes halogenated alkanes) is 1.